The Bertz CT molecular complexity index is 112. The Morgan fingerprint density at radius 1 is 0.733 bits per heavy atom. The van der Waals surface area contributed by atoms with E-state index in [0.29, 0.717) is 6.42 Å². The van der Waals surface area contributed by atoms with Crippen LogP contribution in [-0.4, -0.2) is 22.4 Å². The first-order chi connectivity index (χ1) is 7.20. The molecule has 0 saturated heterocycles. The fourth-order valence-electron chi connectivity index (χ4n) is 1.81. The molecule has 0 fully saturated rings. The van der Waals surface area contributed by atoms with Crippen molar-refractivity contribution in [2.75, 3.05) is 0 Å². The van der Waals surface area contributed by atoms with Gasteiger partial charge >= 0.3 is 0 Å². The van der Waals surface area contributed by atoms with Gasteiger partial charge in [-0.1, -0.05) is 52.4 Å². The molecule has 0 aliphatic carbocycles. The summed E-state index contributed by atoms with van der Waals surface area (Å²) in [6, 6.07) is 0. The van der Waals surface area contributed by atoms with Gasteiger partial charge in [0.05, 0.1) is 12.2 Å². The number of rotatable bonds is 10. The minimum atomic E-state index is -0.298. The highest BCUT2D eigenvalue weighted by Gasteiger charge is 2.10. The number of hydrogen-bond donors (Lipinski definition) is 2. The SMILES string of the molecule is CCCCC[C@H](O)C[C@@H](O)CCCCC. The summed E-state index contributed by atoms with van der Waals surface area (Å²) in [5, 5.41) is 19.3. The summed E-state index contributed by atoms with van der Waals surface area (Å²) >= 11 is 0. The predicted octanol–water partition coefficient (Wildman–Crippen LogP) is 3.26. The van der Waals surface area contributed by atoms with Crippen LogP contribution in [0.25, 0.3) is 0 Å². The first-order valence-electron chi connectivity index (χ1n) is 6.56. The van der Waals surface area contributed by atoms with E-state index in [4.69, 9.17) is 0 Å². The smallest absolute Gasteiger partial charge is 0.0564 e. The van der Waals surface area contributed by atoms with Crippen molar-refractivity contribution in [2.24, 2.45) is 0 Å². The average Bonchev–Trinajstić information content (AvgIpc) is 2.18. The van der Waals surface area contributed by atoms with Crippen molar-refractivity contribution in [2.45, 2.75) is 83.8 Å². The molecule has 0 spiro atoms. The highest BCUT2D eigenvalue weighted by molar-refractivity contribution is 4.64. The topological polar surface area (TPSA) is 40.5 Å². The largest absolute Gasteiger partial charge is 0.393 e. The zero-order valence-corrected chi connectivity index (χ0v) is 10.4. The van der Waals surface area contributed by atoms with Crippen molar-refractivity contribution in [3.8, 4) is 0 Å². The number of aliphatic hydroxyl groups is 2. The van der Waals surface area contributed by atoms with E-state index in [9.17, 15) is 10.2 Å². The van der Waals surface area contributed by atoms with Gasteiger partial charge in [-0.3, -0.25) is 0 Å². The number of hydrogen-bond acceptors (Lipinski definition) is 2. The molecule has 0 aliphatic heterocycles. The van der Waals surface area contributed by atoms with Crippen LogP contribution in [0.15, 0.2) is 0 Å². The molecule has 0 unspecified atom stereocenters. The predicted molar refractivity (Wildman–Crippen MR) is 64.9 cm³/mol. The van der Waals surface area contributed by atoms with E-state index in [0.717, 1.165) is 25.7 Å². The van der Waals surface area contributed by atoms with E-state index in [1.54, 1.807) is 0 Å². The summed E-state index contributed by atoms with van der Waals surface area (Å²) in [5.74, 6) is 0. The Kier molecular flexibility index (Phi) is 10.4. The number of aliphatic hydroxyl groups excluding tert-OH is 2. The van der Waals surface area contributed by atoms with E-state index in [1.165, 1.54) is 25.7 Å². The second-order valence-electron chi connectivity index (χ2n) is 4.53. The van der Waals surface area contributed by atoms with Crippen molar-refractivity contribution < 1.29 is 10.2 Å². The standard InChI is InChI=1S/C13H28O2/c1-3-5-7-9-12(14)11-13(15)10-8-6-4-2/h12-15H,3-11H2,1-2H3/t12-,13-/m0/s1. The fraction of sp³-hybridized carbons (Fsp3) is 1.00. The molecular weight excluding hydrogens is 188 g/mol. The molecule has 0 aromatic carbocycles. The van der Waals surface area contributed by atoms with Crippen LogP contribution in [0.4, 0.5) is 0 Å². The summed E-state index contributed by atoms with van der Waals surface area (Å²) in [4.78, 5) is 0. The van der Waals surface area contributed by atoms with Crippen LogP contribution in [0.2, 0.25) is 0 Å². The summed E-state index contributed by atoms with van der Waals surface area (Å²) in [7, 11) is 0. The molecule has 2 nitrogen and oxygen atoms in total. The van der Waals surface area contributed by atoms with Crippen LogP contribution in [0.1, 0.15) is 71.6 Å². The molecule has 92 valence electrons. The monoisotopic (exact) mass is 216 g/mol. The van der Waals surface area contributed by atoms with E-state index in [1.807, 2.05) is 0 Å². The van der Waals surface area contributed by atoms with E-state index < -0.39 is 0 Å². The second kappa shape index (κ2) is 10.4. The van der Waals surface area contributed by atoms with Crippen LogP contribution in [-0.2, 0) is 0 Å². The van der Waals surface area contributed by atoms with Gasteiger partial charge in [0.25, 0.3) is 0 Å². The quantitative estimate of drug-likeness (QED) is 0.550. The molecule has 0 rings (SSSR count). The molecular formula is C13H28O2. The van der Waals surface area contributed by atoms with Gasteiger partial charge in [0, 0.05) is 0 Å². The molecule has 0 aromatic rings. The summed E-state index contributed by atoms with van der Waals surface area (Å²) in [6.07, 6.45) is 8.56. The van der Waals surface area contributed by atoms with Gasteiger partial charge in [-0.15, -0.1) is 0 Å². The van der Waals surface area contributed by atoms with Gasteiger partial charge in [-0.2, -0.15) is 0 Å². The molecule has 0 radical (unpaired) electrons. The first kappa shape index (κ1) is 14.9. The van der Waals surface area contributed by atoms with Crippen LogP contribution in [0.5, 0.6) is 0 Å². The summed E-state index contributed by atoms with van der Waals surface area (Å²) in [6.45, 7) is 4.32. The molecule has 0 heterocycles. The maximum Gasteiger partial charge on any atom is 0.0564 e. The van der Waals surface area contributed by atoms with Crippen LogP contribution < -0.4 is 0 Å². The van der Waals surface area contributed by atoms with Crippen molar-refractivity contribution in [3.63, 3.8) is 0 Å². The average molecular weight is 216 g/mol. The molecule has 2 atom stereocenters. The van der Waals surface area contributed by atoms with E-state index >= 15 is 0 Å². The lowest BCUT2D eigenvalue weighted by atomic mass is 10.0. The highest BCUT2D eigenvalue weighted by Crippen LogP contribution is 2.12. The van der Waals surface area contributed by atoms with Gasteiger partial charge in [0.1, 0.15) is 0 Å². The van der Waals surface area contributed by atoms with Crippen molar-refractivity contribution >= 4 is 0 Å². The Hall–Kier alpha value is -0.0800. The summed E-state index contributed by atoms with van der Waals surface area (Å²) < 4.78 is 0. The lowest BCUT2D eigenvalue weighted by Gasteiger charge is -2.15. The lowest BCUT2D eigenvalue weighted by Crippen LogP contribution is -2.17. The second-order valence-corrected chi connectivity index (χ2v) is 4.53. The minimum absolute atomic E-state index is 0.298. The van der Waals surface area contributed by atoms with E-state index in [2.05, 4.69) is 13.8 Å². The zero-order valence-electron chi connectivity index (χ0n) is 10.4. The van der Waals surface area contributed by atoms with Gasteiger partial charge in [-0.25, -0.2) is 0 Å². The van der Waals surface area contributed by atoms with Crippen LogP contribution >= 0.6 is 0 Å². The summed E-state index contributed by atoms with van der Waals surface area (Å²) in [5.41, 5.74) is 0. The number of unbranched alkanes of at least 4 members (excludes halogenated alkanes) is 4. The molecule has 2 heteroatoms. The third kappa shape index (κ3) is 10.2. The Balaban J connectivity index is 3.35. The zero-order chi connectivity index (χ0) is 11.5. The van der Waals surface area contributed by atoms with Crippen molar-refractivity contribution in [1.82, 2.24) is 0 Å². The molecule has 0 bridgehead atoms. The molecule has 0 aromatic heterocycles. The molecule has 0 aliphatic rings. The first-order valence-corrected chi connectivity index (χ1v) is 6.56. The maximum absolute atomic E-state index is 9.64. The third-order valence-electron chi connectivity index (χ3n) is 2.83. The van der Waals surface area contributed by atoms with Crippen LogP contribution in [0.3, 0.4) is 0 Å². The molecule has 2 N–H and O–H groups in total. The maximum atomic E-state index is 9.64. The third-order valence-corrected chi connectivity index (χ3v) is 2.83. The van der Waals surface area contributed by atoms with E-state index in [-0.39, 0.29) is 12.2 Å². The fourth-order valence-corrected chi connectivity index (χ4v) is 1.81. The van der Waals surface area contributed by atoms with Gasteiger partial charge in [0.2, 0.25) is 0 Å². The van der Waals surface area contributed by atoms with Gasteiger partial charge < -0.3 is 10.2 Å². The molecule has 0 amide bonds. The highest BCUT2D eigenvalue weighted by atomic mass is 16.3. The lowest BCUT2D eigenvalue weighted by molar-refractivity contribution is 0.0682. The minimum Gasteiger partial charge on any atom is -0.393 e. The Labute approximate surface area is 94.7 Å². The van der Waals surface area contributed by atoms with Crippen molar-refractivity contribution in [1.29, 1.82) is 0 Å². The molecule has 15 heavy (non-hydrogen) atoms. The van der Waals surface area contributed by atoms with Gasteiger partial charge in [0.15, 0.2) is 0 Å². The normalized spacial score (nSPS) is 15.2. The molecule has 0 saturated carbocycles. The Morgan fingerprint density at radius 2 is 1.13 bits per heavy atom. The Morgan fingerprint density at radius 3 is 1.47 bits per heavy atom. The van der Waals surface area contributed by atoms with Crippen molar-refractivity contribution in [3.05, 3.63) is 0 Å². The van der Waals surface area contributed by atoms with Crippen LogP contribution in [0, 0.1) is 0 Å². The van der Waals surface area contributed by atoms with Gasteiger partial charge in [-0.05, 0) is 19.3 Å².